The predicted molar refractivity (Wildman–Crippen MR) is 124 cm³/mol. The van der Waals surface area contributed by atoms with Crippen LogP contribution in [0.25, 0.3) is 0 Å². The van der Waals surface area contributed by atoms with Gasteiger partial charge in [0.15, 0.2) is 11.5 Å². The van der Waals surface area contributed by atoms with E-state index in [9.17, 15) is 4.79 Å². The summed E-state index contributed by atoms with van der Waals surface area (Å²) < 4.78 is 21.7. The van der Waals surface area contributed by atoms with Crippen LogP contribution in [0.1, 0.15) is 34.3 Å². The van der Waals surface area contributed by atoms with Crippen LogP contribution >= 0.6 is 0 Å². The van der Waals surface area contributed by atoms with Gasteiger partial charge in [0.2, 0.25) is 11.7 Å². The maximum atomic E-state index is 13.1. The van der Waals surface area contributed by atoms with Crippen molar-refractivity contribution in [2.45, 2.75) is 32.8 Å². The molecule has 8 nitrogen and oxygen atoms in total. The van der Waals surface area contributed by atoms with E-state index >= 15 is 0 Å². The Balaban J connectivity index is 1.86. The van der Waals surface area contributed by atoms with Gasteiger partial charge >= 0.3 is 0 Å². The van der Waals surface area contributed by atoms with Gasteiger partial charge in [0.05, 0.1) is 34.0 Å². The highest BCUT2D eigenvalue weighted by Crippen LogP contribution is 2.38. The highest BCUT2D eigenvalue weighted by molar-refractivity contribution is 6.10. The lowest BCUT2D eigenvalue weighted by atomic mass is 10.1. The molecule has 32 heavy (non-hydrogen) atoms. The molecule has 1 fully saturated rings. The van der Waals surface area contributed by atoms with Crippen molar-refractivity contribution in [2.24, 2.45) is 4.99 Å². The molecular formula is C24H31N3O5. The Labute approximate surface area is 188 Å². The Hall–Kier alpha value is -3.26. The van der Waals surface area contributed by atoms with Crippen molar-refractivity contribution in [1.29, 1.82) is 0 Å². The van der Waals surface area contributed by atoms with Crippen molar-refractivity contribution in [1.82, 2.24) is 5.32 Å². The molecule has 0 spiro atoms. The van der Waals surface area contributed by atoms with E-state index in [4.69, 9.17) is 18.9 Å². The van der Waals surface area contributed by atoms with Gasteiger partial charge in [-0.1, -0.05) is 6.07 Å². The maximum absolute atomic E-state index is 13.1. The lowest BCUT2D eigenvalue weighted by Crippen LogP contribution is -2.36. The van der Waals surface area contributed by atoms with Crippen LogP contribution in [-0.2, 0) is 4.74 Å². The normalized spacial score (nSPS) is 15.9. The van der Waals surface area contributed by atoms with Gasteiger partial charge in [0.1, 0.15) is 0 Å². The van der Waals surface area contributed by atoms with Crippen LogP contribution in [0, 0.1) is 13.8 Å². The third kappa shape index (κ3) is 5.91. The summed E-state index contributed by atoms with van der Waals surface area (Å²) in [7, 11) is 4.54. The molecule has 3 rings (SSSR count). The van der Waals surface area contributed by atoms with Gasteiger partial charge in [-0.2, -0.15) is 0 Å². The fourth-order valence-corrected chi connectivity index (χ4v) is 3.67. The van der Waals surface area contributed by atoms with Crippen LogP contribution < -0.4 is 24.8 Å². The fourth-order valence-electron chi connectivity index (χ4n) is 3.67. The van der Waals surface area contributed by atoms with Crippen LogP contribution in [0.5, 0.6) is 17.2 Å². The SMILES string of the molecule is COc1cc(C(=O)NC(=NC[C@@H]2CCCO2)Nc2cc(C)cc(C)c2)cc(OC)c1OC. The smallest absolute Gasteiger partial charge is 0.258 e. The number of rotatable bonds is 7. The summed E-state index contributed by atoms with van der Waals surface area (Å²) in [6.07, 6.45) is 2.04. The van der Waals surface area contributed by atoms with E-state index in [0.29, 0.717) is 35.3 Å². The molecule has 0 aromatic heterocycles. The number of aliphatic imine (C=N–C) groups is 1. The van der Waals surface area contributed by atoms with E-state index in [1.807, 2.05) is 26.0 Å². The van der Waals surface area contributed by atoms with Crippen molar-refractivity contribution in [3.63, 3.8) is 0 Å². The van der Waals surface area contributed by atoms with E-state index in [1.54, 1.807) is 12.1 Å². The first-order valence-electron chi connectivity index (χ1n) is 10.6. The number of carbonyl (C=O) groups excluding carboxylic acids is 1. The van der Waals surface area contributed by atoms with Gasteiger partial charge in [-0.05, 0) is 62.1 Å². The summed E-state index contributed by atoms with van der Waals surface area (Å²) in [4.78, 5) is 17.7. The van der Waals surface area contributed by atoms with Crippen molar-refractivity contribution in [3.05, 3.63) is 47.0 Å². The zero-order chi connectivity index (χ0) is 23.1. The summed E-state index contributed by atoms with van der Waals surface area (Å²) in [6.45, 7) is 5.26. The second-order valence-corrected chi connectivity index (χ2v) is 7.69. The van der Waals surface area contributed by atoms with Gasteiger partial charge in [0, 0.05) is 17.9 Å². The summed E-state index contributed by atoms with van der Waals surface area (Å²) in [6, 6.07) is 9.29. The van der Waals surface area contributed by atoms with Crippen molar-refractivity contribution in [2.75, 3.05) is 39.8 Å². The maximum Gasteiger partial charge on any atom is 0.258 e. The molecule has 1 aliphatic rings. The summed E-state index contributed by atoms with van der Waals surface area (Å²) in [5.41, 5.74) is 3.43. The number of aryl methyl sites for hydroxylation is 2. The number of nitrogens with one attached hydrogen (secondary N) is 2. The molecule has 2 N–H and O–H groups in total. The van der Waals surface area contributed by atoms with Crippen molar-refractivity contribution < 1.29 is 23.7 Å². The van der Waals surface area contributed by atoms with Crippen LogP contribution in [0.2, 0.25) is 0 Å². The Morgan fingerprint density at radius 3 is 2.22 bits per heavy atom. The zero-order valence-corrected chi connectivity index (χ0v) is 19.3. The summed E-state index contributed by atoms with van der Waals surface area (Å²) in [5.74, 6) is 1.22. The first-order valence-corrected chi connectivity index (χ1v) is 10.6. The van der Waals surface area contributed by atoms with Gasteiger partial charge in [-0.15, -0.1) is 0 Å². The molecule has 1 heterocycles. The lowest BCUT2D eigenvalue weighted by Gasteiger charge is -2.16. The largest absolute Gasteiger partial charge is 0.493 e. The number of nitrogens with zero attached hydrogens (tertiary/aromatic N) is 1. The molecule has 1 aliphatic heterocycles. The number of guanidine groups is 1. The highest BCUT2D eigenvalue weighted by atomic mass is 16.5. The third-order valence-electron chi connectivity index (χ3n) is 5.12. The molecule has 1 saturated heterocycles. The molecule has 0 aliphatic carbocycles. The molecule has 0 radical (unpaired) electrons. The Kier molecular flexibility index (Phi) is 7.94. The fraction of sp³-hybridized carbons (Fsp3) is 0.417. The van der Waals surface area contributed by atoms with Crippen molar-refractivity contribution in [3.8, 4) is 17.2 Å². The number of hydrogen-bond donors (Lipinski definition) is 2. The first kappa shape index (κ1) is 23.4. The average Bonchev–Trinajstić information content (AvgIpc) is 3.29. The Morgan fingerprint density at radius 1 is 1.03 bits per heavy atom. The molecule has 1 atom stereocenters. The van der Waals surface area contributed by atoms with E-state index in [0.717, 1.165) is 36.3 Å². The van der Waals surface area contributed by atoms with Gasteiger partial charge < -0.3 is 24.3 Å². The van der Waals surface area contributed by atoms with Crippen LogP contribution in [-0.4, -0.2) is 52.5 Å². The van der Waals surface area contributed by atoms with E-state index < -0.39 is 0 Å². The number of amides is 1. The molecule has 172 valence electrons. The number of methoxy groups -OCH3 is 3. The van der Waals surface area contributed by atoms with E-state index in [-0.39, 0.29) is 12.0 Å². The summed E-state index contributed by atoms with van der Waals surface area (Å²) in [5, 5.41) is 6.12. The number of hydrogen-bond acceptors (Lipinski definition) is 6. The standard InChI is InChI=1S/C24H31N3O5/c1-15-9-16(2)11-18(10-15)26-24(25-14-19-7-6-8-32-19)27-23(28)17-12-20(29-3)22(31-5)21(13-17)30-4/h9-13,19H,6-8,14H2,1-5H3,(H2,25,26,27,28)/t19-/m0/s1. The second kappa shape index (κ2) is 10.9. The van der Waals surface area contributed by atoms with E-state index in [2.05, 4.69) is 21.7 Å². The van der Waals surface area contributed by atoms with Crippen LogP contribution in [0.3, 0.4) is 0 Å². The first-order chi connectivity index (χ1) is 15.4. The number of carbonyl (C=O) groups is 1. The van der Waals surface area contributed by atoms with Crippen LogP contribution in [0.4, 0.5) is 5.69 Å². The zero-order valence-electron chi connectivity index (χ0n) is 19.3. The Bertz CT molecular complexity index is 938. The minimum absolute atomic E-state index is 0.0594. The topological polar surface area (TPSA) is 90.4 Å². The molecular weight excluding hydrogens is 410 g/mol. The van der Waals surface area contributed by atoms with Crippen LogP contribution in [0.15, 0.2) is 35.3 Å². The predicted octanol–water partition coefficient (Wildman–Crippen LogP) is 3.71. The minimum atomic E-state index is -0.354. The number of benzene rings is 2. The van der Waals surface area contributed by atoms with Crippen molar-refractivity contribution >= 4 is 17.6 Å². The van der Waals surface area contributed by atoms with Gasteiger partial charge in [0.25, 0.3) is 5.91 Å². The molecule has 0 saturated carbocycles. The average molecular weight is 442 g/mol. The minimum Gasteiger partial charge on any atom is -0.493 e. The highest BCUT2D eigenvalue weighted by Gasteiger charge is 2.19. The molecule has 8 heteroatoms. The molecule has 0 unspecified atom stereocenters. The summed E-state index contributed by atoms with van der Waals surface area (Å²) >= 11 is 0. The number of ether oxygens (including phenoxy) is 4. The molecule has 1 amide bonds. The third-order valence-corrected chi connectivity index (χ3v) is 5.12. The van der Waals surface area contributed by atoms with Gasteiger partial charge in [-0.25, -0.2) is 4.99 Å². The van der Waals surface area contributed by atoms with E-state index in [1.165, 1.54) is 21.3 Å². The second-order valence-electron chi connectivity index (χ2n) is 7.69. The number of anilines is 1. The Morgan fingerprint density at radius 2 is 1.69 bits per heavy atom. The van der Waals surface area contributed by atoms with Gasteiger partial charge in [-0.3, -0.25) is 10.1 Å². The molecule has 2 aromatic carbocycles. The monoisotopic (exact) mass is 441 g/mol. The lowest BCUT2D eigenvalue weighted by molar-refractivity contribution is 0.0974. The quantitative estimate of drug-likeness (QED) is 0.503. The molecule has 0 bridgehead atoms. The molecule has 2 aromatic rings.